The maximum atomic E-state index is 8.47. The third-order valence-electron chi connectivity index (χ3n) is 0.704. The first-order valence-corrected chi connectivity index (χ1v) is 5.41. The van der Waals surface area contributed by atoms with E-state index in [1.165, 1.54) is 0 Å². The topological polar surface area (TPSA) is 82.1 Å². The molecule has 7 heteroatoms. The van der Waals surface area contributed by atoms with E-state index in [4.69, 9.17) is 12.5 Å². The Morgan fingerprint density at radius 3 is 1.25 bits per heavy atom. The Morgan fingerprint density at radius 1 is 1.00 bits per heavy atom. The van der Waals surface area contributed by atoms with Gasteiger partial charge < -0.3 is 33.2 Å². The summed E-state index contributed by atoms with van der Waals surface area (Å²) in [7, 11) is 4.79. The fourth-order valence-electron chi connectivity index (χ4n) is 0.0913. The van der Waals surface area contributed by atoms with Crippen LogP contribution in [0.4, 0.5) is 0 Å². The number of ether oxygens (including phenoxy) is 3. The van der Waals surface area contributed by atoms with Crippen molar-refractivity contribution in [2.75, 3.05) is 47.8 Å². The number of aliphatic hydroxyl groups excluding tert-OH is 1. The van der Waals surface area contributed by atoms with Crippen molar-refractivity contribution in [2.45, 2.75) is 0 Å². The Kier molecular flexibility index (Phi) is 71.8. The van der Waals surface area contributed by atoms with Gasteiger partial charge in [0.25, 0.3) is 0 Å². The van der Waals surface area contributed by atoms with Gasteiger partial charge in [0.1, 0.15) is 0 Å². The quantitative estimate of drug-likeness (QED) is 0.745. The molecule has 0 aliphatic rings. The molecule has 0 rings (SSSR count). The molecule has 0 amide bonds. The Hall–Kier alpha value is 0.0244. The first-order valence-electron chi connectivity index (χ1n) is 4.27. The molecule has 101 valence electrons. The number of methoxy groups -OCH3 is 3. The van der Waals surface area contributed by atoms with Crippen LogP contribution < -0.4 is 0 Å². The van der Waals surface area contributed by atoms with Crippen LogP contribution in [0, 0.1) is 13.8 Å². The molecule has 0 aliphatic heterocycles. The molecule has 1 N–H and O–H groups in total. The number of rotatable bonds is 4. The van der Waals surface area contributed by atoms with Crippen molar-refractivity contribution in [3.05, 3.63) is 13.8 Å². The average Bonchev–Trinajstić information content (AvgIpc) is 2.32. The van der Waals surface area contributed by atoms with E-state index in [1.54, 1.807) is 21.3 Å². The second-order valence-electron chi connectivity index (χ2n) is 1.78. The van der Waals surface area contributed by atoms with E-state index in [1.807, 2.05) is 0 Å². The molecule has 0 atom stereocenters. The van der Waals surface area contributed by atoms with Crippen molar-refractivity contribution in [1.82, 2.24) is 0 Å². The molecule has 0 unspecified atom stereocenters. The van der Waals surface area contributed by atoms with Crippen molar-refractivity contribution >= 4 is 0 Å². The zero-order chi connectivity index (χ0) is 13.7. The molecule has 16 heavy (non-hydrogen) atoms. The normalized spacial score (nSPS) is 6.88. The molecule has 0 aliphatic carbocycles. The van der Waals surface area contributed by atoms with Crippen LogP contribution in [0.25, 0.3) is 0 Å². The van der Waals surface area contributed by atoms with Crippen LogP contribution in [-0.4, -0.2) is 52.9 Å². The summed E-state index contributed by atoms with van der Waals surface area (Å²) in [6, 6.07) is 0. The molecule has 6 nitrogen and oxygen atoms in total. The predicted molar refractivity (Wildman–Crippen MR) is 54.8 cm³/mol. The van der Waals surface area contributed by atoms with Gasteiger partial charge in [-0.25, -0.2) is 0 Å². The van der Waals surface area contributed by atoms with Gasteiger partial charge in [0, 0.05) is 21.3 Å². The summed E-state index contributed by atoms with van der Waals surface area (Å²) < 4.78 is 30.2. The Balaban J connectivity index is -0.0000000610. The van der Waals surface area contributed by atoms with Crippen molar-refractivity contribution in [3.63, 3.8) is 0 Å². The molecule has 0 aromatic carbocycles. The summed E-state index contributed by atoms with van der Waals surface area (Å²) in [6.07, 6.45) is 0. The summed E-state index contributed by atoms with van der Waals surface area (Å²) in [5.74, 6) is 0. The molecule has 0 saturated heterocycles. The van der Waals surface area contributed by atoms with Gasteiger partial charge in [-0.05, 0) is 0 Å². The molecular weight excluding hydrogens is 255 g/mol. The fraction of sp³-hybridized carbons (Fsp3) is 0.778. The summed E-state index contributed by atoms with van der Waals surface area (Å²) in [5, 5.41) is 7.94. The second-order valence-corrected chi connectivity index (χ2v) is 2.01. The SMILES string of the molecule is COCCO.[CH2-]COC.[CH2-]COC.[O]=[V]=[O]. The van der Waals surface area contributed by atoms with Crippen molar-refractivity contribution < 1.29 is 42.8 Å². The van der Waals surface area contributed by atoms with Gasteiger partial charge in [-0.2, -0.15) is 0 Å². The number of hydrogen-bond donors (Lipinski definition) is 1. The van der Waals surface area contributed by atoms with Crippen LogP contribution in [0.3, 0.4) is 0 Å². The number of aliphatic hydroxyl groups is 1. The molecule has 0 aromatic rings. The van der Waals surface area contributed by atoms with Crippen LogP contribution >= 0.6 is 0 Å². The van der Waals surface area contributed by atoms with Gasteiger partial charge in [-0.3, -0.25) is 0 Å². The first kappa shape index (κ1) is 25.0. The van der Waals surface area contributed by atoms with Crippen molar-refractivity contribution in [3.8, 4) is 0 Å². The van der Waals surface area contributed by atoms with E-state index >= 15 is 0 Å². The third-order valence-corrected chi connectivity index (χ3v) is 0.704. The van der Waals surface area contributed by atoms with E-state index in [9.17, 15) is 0 Å². The van der Waals surface area contributed by atoms with Crippen molar-refractivity contribution in [2.24, 2.45) is 0 Å². The fourth-order valence-corrected chi connectivity index (χ4v) is 0.0913. The minimum absolute atomic E-state index is 0.122. The summed E-state index contributed by atoms with van der Waals surface area (Å²) >= 11 is -1.81. The zero-order valence-corrected chi connectivity index (χ0v) is 11.6. The Labute approximate surface area is 105 Å². The monoisotopic (exact) mass is 277 g/mol. The van der Waals surface area contributed by atoms with Crippen LogP contribution in [0.1, 0.15) is 0 Å². The number of hydrogen-bond acceptors (Lipinski definition) is 6. The van der Waals surface area contributed by atoms with Crippen LogP contribution in [0.5, 0.6) is 0 Å². The van der Waals surface area contributed by atoms with E-state index in [-0.39, 0.29) is 6.61 Å². The van der Waals surface area contributed by atoms with Gasteiger partial charge in [0.15, 0.2) is 0 Å². The molecular formula is C9H22O6V-2. The van der Waals surface area contributed by atoms with Crippen molar-refractivity contribution in [1.29, 1.82) is 0 Å². The standard InChI is InChI=1S/C3H8O2.2C3H7O.2O.V/c1-5-3-2-4;2*1-3-4-2;;;/h4H,2-3H2,1H3;2*1,3H2,2H3;;;/q;2*-1;;;. The van der Waals surface area contributed by atoms with E-state index < -0.39 is 16.2 Å². The first-order chi connectivity index (χ1) is 7.66. The second kappa shape index (κ2) is 45.9. The predicted octanol–water partition coefficient (Wildman–Crippen LogP) is 0.319. The molecule has 0 bridgehead atoms. The summed E-state index contributed by atoms with van der Waals surface area (Å²) in [5.41, 5.74) is 0. The van der Waals surface area contributed by atoms with Crippen LogP contribution in [0.15, 0.2) is 0 Å². The van der Waals surface area contributed by atoms with Gasteiger partial charge in [-0.15, -0.1) is 0 Å². The van der Waals surface area contributed by atoms with Gasteiger partial charge >= 0.3 is 23.5 Å². The Morgan fingerprint density at radius 2 is 1.25 bits per heavy atom. The molecule has 0 saturated carbocycles. The van der Waals surface area contributed by atoms with E-state index in [2.05, 4.69) is 28.1 Å². The molecule has 0 spiro atoms. The minimum atomic E-state index is -1.81. The summed E-state index contributed by atoms with van der Waals surface area (Å²) in [4.78, 5) is 0. The Bertz CT molecular complexity index is 96.2. The molecule has 0 aromatic heterocycles. The van der Waals surface area contributed by atoms with E-state index in [0.29, 0.717) is 19.8 Å². The van der Waals surface area contributed by atoms with E-state index in [0.717, 1.165) is 0 Å². The van der Waals surface area contributed by atoms with Gasteiger partial charge in [0.05, 0.1) is 13.2 Å². The average molecular weight is 277 g/mol. The maximum absolute atomic E-state index is 8.47. The molecule has 0 heterocycles. The summed E-state index contributed by atoms with van der Waals surface area (Å²) in [6.45, 7) is 8.47. The van der Waals surface area contributed by atoms with Crippen LogP contribution in [-0.2, 0) is 37.7 Å². The molecule has 0 fully saturated rings. The van der Waals surface area contributed by atoms with Crippen LogP contribution in [0.2, 0.25) is 0 Å². The zero-order valence-electron chi connectivity index (χ0n) is 10.2. The van der Waals surface area contributed by atoms with Gasteiger partial charge in [-0.1, -0.05) is 13.2 Å². The molecule has 0 radical (unpaired) electrons. The van der Waals surface area contributed by atoms with Gasteiger partial charge in [0.2, 0.25) is 0 Å². The third kappa shape index (κ3) is 147.